The number of nitrogens with two attached hydrogens (primary N) is 2. The van der Waals surface area contributed by atoms with Crippen molar-refractivity contribution in [3.05, 3.63) is 0 Å². The summed E-state index contributed by atoms with van der Waals surface area (Å²) in [6, 6.07) is 0. The Morgan fingerprint density at radius 1 is 0.917 bits per heavy atom. The van der Waals surface area contributed by atoms with Gasteiger partial charge in [-0.15, -0.1) is 0 Å². The van der Waals surface area contributed by atoms with Gasteiger partial charge in [-0.3, -0.25) is 9.11 Å². The first-order chi connectivity index (χ1) is 5.12. The van der Waals surface area contributed by atoms with Crippen molar-refractivity contribution in [1.29, 1.82) is 0 Å². The van der Waals surface area contributed by atoms with Crippen LogP contribution in [-0.2, 0) is 29.4 Å². The molecule has 0 aromatic heterocycles. The zero-order chi connectivity index (χ0) is 10.4. The van der Waals surface area contributed by atoms with Crippen molar-refractivity contribution in [1.82, 2.24) is 0 Å². The molecule has 12 heteroatoms. The van der Waals surface area contributed by atoms with Gasteiger partial charge in [-0.05, 0) is 0 Å². The third-order valence-electron chi connectivity index (χ3n) is 0.236. The molecular weight excluding hydrogens is 220 g/mol. The molecule has 10 nitrogen and oxygen atoms in total. The van der Waals surface area contributed by atoms with Gasteiger partial charge in [-0.1, -0.05) is 0 Å². The van der Waals surface area contributed by atoms with E-state index < -0.39 is 20.8 Å². The van der Waals surface area contributed by atoms with Gasteiger partial charge in [0.05, 0.1) is 0 Å². The van der Waals surface area contributed by atoms with Crippen LogP contribution in [-0.4, -0.2) is 25.9 Å². The first-order valence-electron chi connectivity index (χ1n) is 1.84. The summed E-state index contributed by atoms with van der Waals surface area (Å²) >= 11 is 0. The predicted molar refractivity (Wildman–Crippen MR) is 33.6 cm³/mol. The smallest absolute Gasteiger partial charge is 0.264 e. The molecule has 0 bridgehead atoms. The normalized spacial score (nSPS) is 11.7. The largest absolute Gasteiger partial charge is 0.431 e. The highest BCUT2D eigenvalue weighted by Crippen LogP contribution is 1.80. The van der Waals surface area contributed by atoms with Crippen molar-refractivity contribution in [2.75, 3.05) is 0 Å². The molecular formula is H6N2O8S2. The van der Waals surface area contributed by atoms with E-state index >= 15 is 0 Å². The van der Waals surface area contributed by atoms with E-state index in [1.807, 2.05) is 0 Å². The minimum absolute atomic E-state index is 3.21. The topological polar surface area (TPSA) is 179 Å². The van der Waals surface area contributed by atoms with Gasteiger partial charge in [0.15, 0.2) is 0 Å². The van der Waals surface area contributed by atoms with E-state index in [1.165, 1.54) is 0 Å². The van der Waals surface area contributed by atoms with Crippen LogP contribution in [0.5, 0.6) is 0 Å². The molecule has 0 fully saturated rings. The average Bonchev–Trinajstić information content (AvgIpc) is 1.85. The van der Waals surface area contributed by atoms with Gasteiger partial charge >= 0.3 is 20.8 Å². The molecule has 0 radical (unpaired) electrons. The van der Waals surface area contributed by atoms with Gasteiger partial charge in [-0.25, -0.2) is 0 Å². The standard InChI is InChI=1S/H4N2O4S.H2O4S/c1-5-7(3,4)6-2;1-5(2,3)4/h1-2H2;(H2,1,2,3,4). The molecule has 12 heavy (non-hydrogen) atoms. The molecule has 0 spiro atoms. The maximum atomic E-state index is 9.67. The quantitative estimate of drug-likeness (QED) is 0.287. The zero-order valence-electron chi connectivity index (χ0n) is 5.32. The monoisotopic (exact) mass is 226 g/mol. The molecule has 0 rings (SSSR count). The lowest BCUT2D eigenvalue weighted by Gasteiger charge is -1.89. The molecule has 76 valence electrons. The van der Waals surface area contributed by atoms with E-state index in [9.17, 15) is 8.42 Å². The first kappa shape index (κ1) is 14.2. The Kier molecular flexibility index (Phi) is 6.31. The fourth-order valence-electron chi connectivity index (χ4n) is 0.0227. The summed E-state index contributed by atoms with van der Waals surface area (Å²) in [6.07, 6.45) is 0. The number of hydrogen-bond donors (Lipinski definition) is 4. The fraction of sp³-hybridized carbons (Fsp3) is 0. The Bertz CT molecular complexity index is 265. The van der Waals surface area contributed by atoms with Crippen LogP contribution in [0, 0.1) is 0 Å². The van der Waals surface area contributed by atoms with E-state index in [0.29, 0.717) is 0 Å². The van der Waals surface area contributed by atoms with Crippen LogP contribution in [0.15, 0.2) is 0 Å². The van der Waals surface area contributed by atoms with Gasteiger partial charge in [0.2, 0.25) is 0 Å². The lowest BCUT2D eigenvalue weighted by Crippen LogP contribution is -2.17. The van der Waals surface area contributed by atoms with E-state index in [1.54, 1.807) is 0 Å². The maximum Gasteiger partial charge on any atom is 0.431 e. The van der Waals surface area contributed by atoms with Crippen molar-refractivity contribution >= 4 is 20.8 Å². The molecule has 0 atom stereocenters. The Hall–Kier alpha value is -0.340. The van der Waals surface area contributed by atoms with E-state index in [-0.39, 0.29) is 0 Å². The summed E-state index contributed by atoms with van der Waals surface area (Å²) in [6.45, 7) is 0. The molecule has 0 heterocycles. The molecule has 0 aliphatic rings. The Balaban J connectivity index is 0. The van der Waals surface area contributed by atoms with Gasteiger partial charge in [-0.2, -0.15) is 37.2 Å². The lowest BCUT2D eigenvalue weighted by molar-refractivity contribution is 0.222. The summed E-state index contributed by atoms with van der Waals surface area (Å²) in [5, 5.41) is 0. The van der Waals surface area contributed by atoms with Gasteiger partial charge in [0.25, 0.3) is 0 Å². The number of rotatable bonds is 2. The molecule has 0 aliphatic carbocycles. The van der Waals surface area contributed by atoms with E-state index in [4.69, 9.17) is 17.5 Å². The Morgan fingerprint density at radius 2 is 1.08 bits per heavy atom. The third-order valence-corrected chi connectivity index (χ3v) is 0.707. The van der Waals surface area contributed by atoms with E-state index in [0.717, 1.165) is 0 Å². The Labute approximate surface area is 67.9 Å². The molecule has 0 amide bonds. The van der Waals surface area contributed by atoms with Crippen molar-refractivity contribution in [3.63, 3.8) is 0 Å². The second kappa shape index (κ2) is 5.33. The summed E-state index contributed by atoms with van der Waals surface area (Å²) in [7, 11) is -8.77. The van der Waals surface area contributed by atoms with Crippen molar-refractivity contribution < 1.29 is 34.5 Å². The van der Waals surface area contributed by atoms with Crippen LogP contribution in [0.1, 0.15) is 0 Å². The molecule has 0 saturated heterocycles. The maximum absolute atomic E-state index is 9.67. The van der Waals surface area contributed by atoms with Gasteiger partial charge in [0, 0.05) is 0 Å². The highest BCUT2D eigenvalue weighted by Gasteiger charge is 2.04. The SMILES string of the molecule is NOS(=O)(=O)ON.O=S(=O)(O)O. The summed E-state index contributed by atoms with van der Waals surface area (Å²) in [5.74, 6) is 8.25. The summed E-state index contributed by atoms with van der Waals surface area (Å²) < 4.78 is 57.4. The summed E-state index contributed by atoms with van der Waals surface area (Å²) in [5.41, 5.74) is 0. The van der Waals surface area contributed by atoms with Crippen LogP contribution in [0.4, 0.5) is 0 Å². The van der Waals surface area contributed by atoms with Crippen LogP contribution >= 0.6 is 0 Å². The summed E-state index contributed by atoms with van der Waals surface area (Å²) in [4.78, 5) is 0. The highest BCUT2D eigenvalue weighted by molar-refractivity contribution is 7.81. The molecule has 0 aliphatic heterocycles. The van der Waals surface area contributed by atoms with Crippen LogP contribution in [0.2, 0.25) is 0 Å². The van der Waals surface area contributed by atoms with Gasteiger partial charge < -0.3 is 0 Å². The zero-order valence-corrected chi connectivity index (χ0v) is 6.95. The second-order valence-corrected chi connectivity index (χ2v) is 3.15. The molecule has 0 aromatic rings. The predicted octanol–water partition coefficient (Wildman–Crippen LogP) is -2.64. The van der Waals surface area contributed by atoms with Crippen LogP contribution < -0.4 is 11.8 Å². The van der Waals surface area contributed by atoms with E-state index in [2.05, 4.69) is 20.4 Å². The molecule has 0 unspecified atom stereocenters. The van der Waals surface area contributed by atoms with Crippen molar-refractivity contribution in [3.8, 4) is 0 Å². The second-order valence-electron chi connectivity index (χ2n) is 1.05. The van der Waals surface area contributed by atoms with Gasteiger partial charge in [0.1, 0.15) is 0 Å². The minimum atomic E-state index is -4.67. The van der Waals surface area contributed by atoms with Crippen molar-refractivity contribution in [2.24, 2.45) is 11.8 Å². The first-order valence-corrected chi connectivity index (χ1v) is 4.57. The minimum Gasteiger partial charge on any atom is -0.264 e. The van der Waals surface area contributed by atoms with Crippen LogP contribution in [0.3, 0.4) is 0 Å². The molecule has 0 aromatic carbocycles. The van der Waals surface area contributed by atoms with Crippen LogP contribution in [0.25, 0.3) is 0 Å². The number of hydrogen-bond acceptors (Lipinski definition) is 8. The highest BCUT2D eigenvalue weighted by atomic mass is 32.3. The van der Waals surface area contributed by atoms with Crippen molar-refractivity contribution in [2.45, 2.75) is 0 Å². The average molecular weight is 226 g/mol. The third kappa shape index (κ3) is 22.6. The molecule has 6 N–H and O–H groups in total. The molecule has 0 saturated carbocycles. The Morgan fingerprint density at radius 3 is 1.08 bits per heavy atom. The lowest BCUT2D eigenvalue weighted by atomic mass is 13.6. The fourth-order valence-corrected chi connectivity index (χ4v) is 0.0680.